The van der Waals surface area contributed by atoms with E-state index in [1.165, 1.54) is 25.1 Å². The molecular weight excluding hydrogens is 352 g/mol. The van der Waals surface area contributed by atoms with Crippen LogP contribution in [0.25, 0.3) is 25.1 Å². The molecule has 0 unspecified atom stereocenters. The lowest BCUT2D eigenvalue weighted by atomic mass is 10.2. The highest BCUT2D eigenvalue weighted by atomic mass is 32.2. The van der Waals surface area contributed by atoms with Crippen LogP contribution < -0.4 is 4.74 Å². The second-order valence-corrected chi connectivity index (χ2v) is 8.33. The molecular formula is C24H17O2S+. The highest BCUT2D eigenvalue weighted by Gasteiger charge is 2.22. The lowest BCUT2D eigenvalue weighted by molar-refractivity contribution is 0.464. The van der Waals surface area contributed by atoms with Gasteiger partial charge in [-0.1, -0.05) is 24.3 Å². The molecule has 1 heterocycles. The smallest absolute Gasteiger partial charge is 0.187 e. The number of phenolic OH excluding ortho intramolecular Hbond substituents is 1. The third-order valence-electron chi connectivity index (χ3n) is 4.64. The zero-order valence-corrected chi connectivity index (χ0v) is 15.3. The molecule has 5 aromatic rings. The van der Waals surface area contributed by atoms with Crippen molar-refractivity contribution < 1.29 is 9.84 Å². The molecule has 3 heteroatoms. The molecule has 0 radical (unpaired) electrons. The maximum absolute atomic E-state index is 9.39. The Bertz CT molecular complexity index is 1180. The zero-order valence-electron chi connectivity index (χ0n) is 14.5. The van der Waals surface area contributed by atoms with Crippen molar-refractivity contribution in [3.05, 3.63) is 97.1 Å². The third kappa shape index (κ3) is 2.82. The first-order chi connectivity index (χ1) is 13.3. The zero-order chi connectivity index (χ0) is 18.2. The van der Waals surface area contributed by atoms with Gasteiger partial charge < -0.3 is 9.84 Å². The molecule has 1 aromatic heterocycles. The maximum atomic E-state index is 9.39. The van der Waals surface area contributed by atoms with Gasteiger partial charge in [-0.3, -0.25) is 0 Å². The topological polar surface area (TPSA) is 29.5 Å². The predicted molar refractivity (Wildman–Crippen MR) is 113 cm³/mol. The van der Waals surface area contributed by atoms with Crippen LogP contribution in [-0.2, 0) is 0 Å². The van der Waals surface area contributed by atoms with Crippen molar-refractivity contribution in [3.63, 3.8) is 0 Å². The molecule has 0 fully saturated rings. The van der Waals surface area contributed by atoms with Crippen LogP contribution in [0.5, 0.6) is 17.2 Å². The first kappa shape index (κ1) is 15.9. The SMILES string of the molecule is Oc1ccc(Oc2ccc(-[s+]3c4ccccc4c4ccccc43)cc2)cc1. The van der Waals surface area contributed by atoms with Gasteiger partial charge in [-0.2, -0.15) is 0 Å². The minimum atomic E-state index is -0.0870. The van der Waals surface area contributed by atoms with Gasteiger partial charge in [0.2, 0.25) is 0 Å². The van der Waals surface area contributed by atoms with Gasteiger partial charge in [0, 0.05) is 33.4 Å². The van der Waals surface area contributed by atoms with Crippen molar-refractivity contribution in [3.8, 4) is 22.1 Å². The van der Waals surface area contributed by atoms with E-state index in [9.17, 15) is 5.11 Å². The summed E-state index contributed by atoms with van der Waals surface area (Å²) in [6.07, 6.45) is 0. The van der Waals surface area contributed by atoms with Crippen molar-refractivity contribution in [2.45, 2.75) is 0 Å². The fourth-order valence-electron chi connectivity index (χ4n) is 3.40. The van der Waals surface area contributed by atoms with Crippen molar-refractivity contribution in [1.82, 2.24) is 0 Å². The van der Waals surface area contributed by atoms with E-state index in [0.717, 1.165) is 5.75 Å². The van der Waals surface area contributed by atoms with Gasteiger partial charge in [-0.05, 0) is 60.7 Å². The largest absolute Gasteiger partial charge is 0.508 e. The van der Waals surface area contributed by atoms with Crippen molar-refractivity contribution in [2.75, 3.05) is 0 Å². The van der Waals surface area contributed by atoms with E-state index in [1.54, 1.807) is 24.3 Å². The molecule has 2 nitrogen and oxygen atoms in total. The predicted octanol–water partition coefficient (Wildman–Crippen LogP) is 7.23. The van der Waals surface area contributed by atoms with E-state index in [1.807, 2.05) is 12.1 Å². The number of fused-ring (bicyclic) bond motifs is 3. The number of hydrogen-bond donors (Lipinski definition) is 1. The number of aromatic hydroxyl groups is 1. The first-order valence-corrected chi connectivity index (χ1v) is 10.0. The molecule has 4 aromatic carbocycles. The summed E-state index contributed by atoms with van der Waals surface area (Å²) in [7, 11) is -0.0870. The van der Waals surface area contributed by atoms with Crippen LogP contribution in [0.15, 0.2) is 97.1 Å². The molecule has 0 atom stereocenters. The summed E-state index contributed by atoms with van der Waals surface area (Å²) in [6.45, 7) is 0. The Labute approximate surface area is 159 Å². The molecule has 5 rings (SSSR count). The Balaban J connectivity index is 1.57. The van der Waals surface area contributed by atoms with E-state index in [2.05, 4.69) is 60.7 Å². The van der Waals surface area contributed by atoms with Crippen molar-refractivity contribution in [1.29, 1.82) is 0 Å². The molecule has 1 N–H and O–H groups in total. The number of thiophene rings is 1. The molecule has 0 amide bonds. The van der Waals surface area contributed by atoms with Crippen LogP contribution in [0.1, 0.15) is 0 Å². The molecule has 0 spiro atoms. The average molecular weight is 369 g/mol. The molecule has 0 saturated heterocycles. The van der Waals surface area contributed by atoms with E-state index in [0.29, 0.717) is 5.75 Å². The van der Waals surface area contributed by atoms with Crippen LogP contribution in [0, 0.1) is 0 Å². The van der Waals surface area contributed by atoms with Crippen molar-refractivity contribution in [2.24, 2.45) is 0 Å². The maximum Gasteiger partial charge on any atom is 0.187 e. The Kier molecular flexibility index (Phi) is 3.80. The Morgan fingerprint density at radius 2 is 1.04 bits per heavy atom. The molecule has 27 heavy (non-hydrogen) atoms. The summed E-state index contributed by atoms with van der Waals surface area (Å²) in [5.41, 5.74) is 0. The third-order valence-corrected chi connectivity index (χ3v) is 6.97. The Morgan fingerprint density at radius 3 is 1.59 bits per heavy atom. The number of hydrogen-bond acceptors (Lipinski definition) is 2. The van der Waals surface area contributed by atoms with Gasteiger partial charge in [0.05, 0.1) is 0 Å². The summed E-state index contributed by atoms with van der Waals surface area (Å²) >= 11 is 0. The minimum absolute atomic E-state index is 0.0870. The number of rotatable bonds is 3. The van der Waals surface area contributed by atoms with Gasteiger partial charge in [-0.15, -0.1) is 0 Å². The monoisotopic (exact) mass is 369 g/mol. The van der Waals surface area contributed by atoms with E-state index >= 15 is 0 Å². The summed E-state index contributed by atoms with van der Waals surface area (Å²) < 4.78 is 8.64. The normalized spacial score (nSPS) is 11.1. The van der Waals surface area contributed by atoms with Gasteiger partial charge >= 0.3 is 0 Å². The lowest BCUT2D eigenvalue weighted by Gasteiger charge is -2.05. The minimum Gasteiger partial charge on any atom is -0.508 e. The van der Waals surface area contributed by atoms with Gasteiger partial charge in [0.1, 0.15) is 17.2 Å². The fraction of sp³-hybridized carbons (Fsp3) is 0. The van der Waals surface area contributed by atoms with Gasteiger partial charge in [0.25, 0.3) is 0 Å². The summed E-state index contributed by atoms with van der Waals surface area (Å²) in [6, 6.07) is 32.4. The molecule has 0 aliphatic carbocycles. The second-order valence-electron chi connectivity index (χ2n) is 6.37. The first-order valence-electron chi connectivity index (χ1n) is 8.79. The Morgan fingerprint density at radius 1 is 0.556 bits per heavy atom. The molecule has 130 valence electrons. The summed E-state index contributed by atoms with van der Waals surface area (Å²) in [5, 5.41) is 12.1. The number of phenols is 1. The van der Waals surface area contributed by atoms with Crippen LogP contribution in [0.2, 0.25) is 0 Å². The van der Waals surface area contributed by atoms with Gasteiger partial charge in [0.15, 0.2) is 14.3 Å². The van der Waals surface area contributed by atoms with Crippen LogP contribution in [0.4, 0.5) is 0 Å². The number of benzene rings is 4. The molecule has 0 bridgehead atoms. The van der Waals surface area contributed by atoms with Crippen LogP contribution >= 0.6 is 10.5 Å². The van der Waals surface area contributed by atoms with E-state index < -0.39 is 0 Å². The van der Waals surface area contributed by atoms with Crippen LogP contribution in [-0.4, -0.2) is 5.11 Å². The standard InChI is InChI=1S/C24H16O2S/c25-17-9-11-18(12-10-17)26-19-13-15-20(16-14-19)27-23-7-3-1-5-21(23)22-6-2-4-8-24(22)27/h1-16H/p+1. The Hall–Kier alpha value is -3.30. The van der Waals surface area contributed by atoms with Crippen LogP contribution in [0.3, 0.4) is 0 Å². The van der Waals surface area contributed by atoms with Crippen molar-refractivity contribution >= 4 is 30.6 Å². The summed E-state index contributed by atoms with van der Waals surface area (Å²) in [4.78, 5) is 1.28. The lowest BCUT2D eigenvalue weighted by Crippen LogP contribution is -1.83. The molecule has 0 saturated carbocycles. The van der Waals surface area contributed by atoms with E-state index in [-0.39, 0.29) is 16.2 Å². The quantitative estimate of drug-likeness (QED) is 0.340. The van der Waals surface area contributed by atoms with E-state index in [4.69, 9.17) is 4.74 Å². The summed E-state index contributed by atoms with van der Waals surface area (Å²) in [5.74, 6) is 1.73. The highest BCUT2D eigenvalue weighted by molar-refractivity contribution is 7.50. The average Bonchev–Trinajstić information content (AvgIpc) is 3.05. The fourth-order valence-corrected chi connectivity index (χ4v) is 5.78. The second kappa shape index (κ2) is 6.45. The highest BCUT2D eigenvalue weighted by Crippen LogP contribution is 2.48. The number of ether oxygens (including phenoxy) is 1. The molecule has 0 aliphatic rings. The van der Waals surface area contributed by atoms with Gasteiger partial charge in [-0.25, -0.2) is 0 Å². The molecule has 0 aliphatic heterocycles.